The number of ether oxygens (including phenoxy) is 1. The van der Waals surface area contributed by atoms with Crippen LogP contribution in [-0.2, 0) is 14.3 Å². The second-order valence-corrected chi connectivity index (χ2v) is 6.58. The molecule has 2 heterocycles. The number of hydrogen-bond acceptors (Lipinski definition) is 6. The van der Waals surface area contributed by atoms with Gasteiger partial charge in [0.15, 0.2) is 0 Å². The van der Waals surface area contributed by atoms with Gasteiger partial charge in [0.1, 0.15) is 11.3 Å². The molecule has 2 aliphatic heterocycles. The van der Waals surface area contributed by atoms with E-state index in [1.807, 2.05) is 4.90 Å². The molecule has 2 aromatic carbocycles. The molecule has 2 aromatic rings. The topological polar surface area (TPSA) is 105 Å². The number of carbonyl (C=O) groups is 2. The van der Waals surface area contributed by atoms with Crippen molar-refractivity contribution in [3.63, 3.8) is 0 Å². The second-order valence-electron chi connectivity index (χ2n) is 6.58. The van der Waals surface area contributed by atoms with Gasteiger partial charge >= 0.3 is 0 Å². The Bertz CT molecular complexity index is 999. The minimum absolute atomic E-state index is 0.0768. The lowest BCUT2D eigenvalue weighted by Gasteiger charge is -2.28. The Morgan fingerprint density at radius 1 is 1.07 bits per heavy atom. The molecule has 29 heavy (non-hydrogen) atoms. The molecule has 0 spiro atoms. The molecule has 2 aliphatic rings. The second kappa shape index (κ2) is 7.72. The molecule has 0 atom stereocenters. The number of nitro benzene ring substituents is 1. The van der Waals surface area contributed by atoms with E-state index in [9.17, 15) is 19.7 Å². The van der Waals surface area contributed by atoms with Crippen LogP contribution in [0.4, 0.5) is 17.1 Å². The molecule has 0 aromatic heterocycles. The fraction of sp³-hybridized carbons (Fsp3) is 0.200. The van der Waals surface area contributed by atoms with Crippen molar-refractivity contribution in [3.8, 4) is 0 Å². The van der Waals surface area contributed by atoms with E-state index in [1.165, 1.54) is 12.1 Å². The molecule has 148 valence electrons. The van der Waals surface area contributed by atoms with Crippen molar-refractivity contribution in [2.75, 3.05) is 36.2 Å². The van der Waals surface area contributed by atoms with Gasteiger partial charge in [0.05, 0.1) is 23.8 Å². The largest absolute Gasteiger partial charge is 0.378 e. The zero-order valence-electron chi connectivity index (χ0n) is 15.4. The molecule has 1 N–H and O–H groups in total. The summed E-state index contributed by atoms with van der Waals surface area (Å²) in [5, 5.41) is 12.7. The van der Waals surface area contributed by atoms with E-state index in [0.29, 0.717) is 43.2 Å². The summed E-state index contributed by atoms with van der Waals surface area (Å²) in [6, 6.07) is 13.4. The van der Waals surface area contributed by atoms with Crippen LogP contribution in [-0.4, -0.2) is 43.0 Å². The number of morpholine rings is 1. The molecule has 0 radical (unpaired) electrons. The van der Waals surface area contributed by atoms with Crippen molar-refractivity contribution in [1.82, 2.24) is 5.43 Å². The highest BCUT2D eigenvalue weighted by molar-refractivity contribution is 6.31. The summed E-state index contributed by atoms with van der Waals surface area (Å²) in [6.45, 7) is 2.14. The molecular weight excluding hydrogens is 376 g/mol. The number of rotatable bonds is 4. The number of para-hydroxylation sites is 1. The van der Waals surface area contributed by atoms with Crippen molar-refractivity contribution >= 4 is 35.0 Å². The Kier molecular flexibility index (Phi) is 4.96. The van der Waals surface area contributed by atoms with Crippen molar-refractivity contribution in [2.24, 2.45) is 0 Å². The monoisotopic (exact) mass is 394 g/mol. The number of carbonyl (C=O) groups excluding carboxylic acids is 2. The minimum atomic E-state index is -0.557. The van der Waals surface area contributed by atoms with Gasteiger partial charge in [-0.15, -0.1) is 0 Å². The maximum atomic E-state index is 12.7. The summed E-state index contributed by atoms with van der Waals surface area (Å²) in [7, 11) is 0. The minimum Gasteiger partial charge on any atom is -0.378 e. The van der Waals surface area contributed by atoms with E-state index < -0.39 is 16.7 Å². The van der Waals surface area contributed by atoms with Gasteiger partial charge in [0, 0.05) is 19.2 Å². The predicted molar refractivity (Wildman–Crippen MR) is 106 cm³/mol. The number of anilines is 2. The molecule has 2 fully saturated rings. The van der Waals surface area contributed by atoms with Crippen LogP contribution in [0, 0.1) is 10.1 Å². The molecule has 0 unspecified atom stereocenters. The number of benzene rings is 2. The van der Waals surface area contributed by atoms with E-state index in [2.05, 4.69) is 5.43 Å². The first kappa shape index (κ1) is 18.6. The van der Waals surface area contributed by atoms with Crippen LogP contribution in [0.5, 0.6) is 0 Å². The Hall–Kier alpha value is -3.72. The van der Waals surface area contributed by atoms with Crippen molar-refractivity contribution in [2.45, 2.75) is 0 Å². The Balaban J connectivity index is 1.65. The SMILES string of the molecule is O=C1NN(c2ccccc2)C(=O)/C1=C\c1ccc(N2CCOCC2)c([N+](=O)[O-])c1. The zero-order chi connectivity index (χ0) is 20.4. The van der Waals surface area contributed by atoms with E-state index >= 15 is 0 Å². The lowest BCUT2D eigenvalue weighted by Crippen LogP contribution is -2.36. The highest BCUT2D eigenvalue weighted by Gasteiger charge is 2.34. The smallest absolute Gasteiger partial charge is 0.293 e. The van der Waals surface area contributed by atoms with Gasteiger partial charge in [-0.1, -0.05) is 24.3 Å². The van der Waals surface area contributed by atoms with Gasteiger partial charge in [-0.3, -0.25) is 25.1 Å². The van der Waals surface area contributed by atoms with Crippen LogP contribution in [0.15, 0.2) is 54.1 Å². The van der Waals surface area contributed by atoms with Crippen LogP contribution in [0.3, 0.4) is 0 Å². The number of amides is 2. The van der Waals surface area contributed by atoms with Crippen LogP contribution in [0.25, 0.3) is 6.08 Å². The highest BCUT2D eigenvalue weighted by atomic mass is 16.6. The quantitative estimate of drug-likeness (QED) is 0.368. The lowest BCUT2D eigenvalue weighted by molar-refractivity contribution is -0.384. The Labute approximate surface area is 166 Å². The lowest BCUT2D eigenvalue weighted by atomic mass is 10.1. The van der Waals surface area contributed by atoms with Crippen LogP contribution in [0.1, 0.15) is 5.56 Å². The maximum absolute atomic E-state index is 12.7. The number of hydrazine groups is 1. The number of nitrogens with zero attached hydrogens (tertiary/aromatic N) is 3. The number of nitro groups is 1. The Morgan fingerprint density at radius 2 is 1.79 bits per heavy atom. The third-order valence-corrected chi connectivity index (χ3v) is 4.76. The first-order chi connectivity index (χ1) is 14.0. The first-order valence-corrected chi connectivity index (χ1v) is 9.08. The molecule has 0 aliphatic carbocycles. The van der Waals surface area contributed by atoms with Gasteiger partial charge in [0.2, 0.25) is 0 Å². The molecule has 2 amide bonds. The maximum Gasteiger partial charge on any atom is 0.293 e. The average Bonchev–Trinajstić information content (AvgIpc) is 3.03. The molecule has 9 nitrogen and oxygen atoms in total. The molecule has 9 heteroatoms. The van der Waals surface area contributed by atoms with Gasteiger partial charge in [-0.2, -0.15) is 0 Å². The average molecular weight is 394 g/mol. The summed E-state index contributed by atoms with van der Waals surface area (Å²) >= 11 is 0. The summed E-state index contributed by atoms with van der Waals surface area (Å²) in [4.78, 5) is 38.0. The summed E-state index contributed by atoms with van der Waals surface area (Å²) in [6.07, 6.45) is 1.37. The van der Waals surface area contributed by atoms with Crippen LogP contribution < -0.4 is 15.3 Å². The van der Waals surface area contributed by atoms with E-state index in [1.54, 1.807) is 42.5 Å². The number of hydrogen-bond donors (Lipinski definition) is 1. The molecular formula is C20H18N4O5. The van der Waals surface area contributed by atoms with E-state index in [4.69, 9.17) is 4.74 Å². The first-order valence-electron chi connectivity index (χ1n) is 9.08. The van der Waals surface area contributed by atoms with Gasteiger partial charge < -0.3 is 9.64 Å². The molecule has 0 saturated carbocycles. The van der Waals surface area contributed by atoms with Gasteiger partial charge in [-0.25, -0.2) is 5.01 Å². The van der Waals surface area contributed by atoms with Crippen molar-refractivity contribution in [1.29, 1.82) is 0 Å². The predicted octanol–water partition coefficient (Wildman–Crippen LogP) is 1.89. The fourth-order valence-electron chi connectivity index (χ4n) is 3.33. The van der Waals surface area contributed by atoms with E-state index in [-0.39, 0.29) is 11.3 Å². The number of nitrogens with one attached hydrogen (secondary N) is 1. The van der Waals surface area contributed by atoms with Crippen molar-refractivity contribution < 1.29 is 19.2 Å². The summed E-state index contributed by atoms with van der Waals surface area (Å²) in [5.41, 5.74) is 3.78. The molecule has 4 rings (SSSR count). The summed E-state index contributed by atoms with van der Waals surface area (Å²) in [5.74, 6) is -1.07. The van der Waals surface area contributed by atoms with Gasteiger partial charge in [0.25, 0.3) is 17.5 Å². The summed E-state index contributed by atoms with van der Waals surface area (Å²) < 4.78 is 5.30. The third kappa shape index (κ3) is 3.67. The highest BCUT2D eigenvalue weighted by Crippen LogP contribution is 2.31. The standard InChI is InChI=1S/C20H18N4O5/c25-19-16(20(26)23(21-19)15-4-2-1-3-5-15)12-14-6-7-17(18(13-14)24(27)28)22-8-10-29-11-9-22/h1-7,12-13H,8-11H2,(H,21,25)/b16-12-. The van der Waals surface area contributed by atoms with E-state index in [0.717, 1.165) is 5.01 Å². The van der Waals surface area contributed by atoms with Crippen LogP contribution >= 0.6 is 0 Å². The molecule has 2 saturated heterocycles. The van der Waals surface area contributed by atoms with Crippen LogP contribution in [0.2, 0.25) is 0 Å². The van der Waals surface area contributed by atoms with Gasteiger partial charge in [-0.05, 0) is 29.8 Å². The zero-order valence-corrected chi connectivity index (χ0v) is 15.4. The fourth-order valence-corrected chi connectivity index (χ4v) is 3.33. The third-order valence-electron chi connectivity index (χ3n) is 4.76. The molecule has 0 bridgehead atoms. The Morgan fingerprint density at radius 3 is 2.48 bits per heavy atom. The van der Waals surface area contributed by atoms with Crippen molar-refractivity contribution in [3.05, 3.63) is 69.8 Å². The normalized spacial score (nSPS) is 18.3.